The van der Waals surface area contributed by atoms with E-state index in [1.54, 1.807) is 12.3 Å². The molecule has 1 amide bonds. The highest BCUT2D eigenvalue weighted by Crippen LogP contribution is 2.16. The molecule has 1 fully saturated rings. The maximum Gasteiger partial charge on any atom is 0.407 e. The minimum atomic E-state index is -0.907. The predicted octanol–water partition coefficient (Wildman–Crippen LogP) is 1.43. The number of ether oxygens (including phenoxy) is 1. The molecule has 0 radical (unpaired) electrons. The second kappa shape index (κ2) is 6.21. The number of carbonyl (C=O) groups is 1. The summed E-state index contributed by atoms with van der Waals surface area (Å²) in [5.41, 5.74) is 0. The number of carboxylic acid groups (broad SMARTS) is 1. The summed E-state index contributed by atoms with van der Waals surface area (Å²) in [6.07, 6.45) is 2.15. The fourth-order valence-electron chi connectivity index (χ4n) is 2.03. The van der Waals surface area contributed by atoms with E-state index in [2.05, 4.69) is 15.3 Å². The number of likely N-dealkylation sites (tertiary alicyclic amines) is 1. The molecule has 1 aliphatic rings. The molecule has 1 saturated heterocycles. The van der Waals surface area contributed by atoms with Gasteiger partial charge in [-0.3, -0.25) is 0 Å². The molecule has 2 heterocycles. The van der Waals surface area contributed by atoms with Crippen molar-refractivity contribution in [2.75, 3.05) is 25.0 Å². The van der Waals surface area contributed by atoms with Crippen LogP contribution in [0.5, 0.6) is 6.01 Å². The van der Waals surface area contributed by atoms with Crippen LogP contribution in [0.2, 0.25) is 0 Å². The van der Waals surface area contributed by atoms with Crippen LogP contribution in [-0.2, 0) is 0 Å². The average Bonchev–Trinajstić information content (AvgIpc) is 2.40. The Labute approximate surface area is 111 Å². The Morgan fingerprint density at radius 3 is 3.26 bits per heavy atom. The summed E-state index contributed by atoms with van der Waals surface area (Å²) in [4.78, 5) is 20.5. The molecule has 1 atom stereocenters. The van der Waals surface area contributed by atoms with E-state index in [1.165, 1.54) is 4.90 Å². The minimum absolute atomic E-state index is 0.179. The van der Waals surface area contributed by atoms with Gasteiger partial charge in [-0.15, -0.1) is 0 Å². The van der Waals surface area contributed by atoms with Crippen LogP contribution in [0, 0.1) is 0 Å². The van der Waals surface area contributed by atoms with Gasteiger partial charge in [-0.1, -0.05) is 0 Å². The van der Waals surface area contributed by atoms with E-state index >= 15 is 0 Å². The highest BCUT2D eigenvalue weighted by Gasteiger charge is 2.25. The zero-order valence-electron chi connectivity index (χ0n) is 10.9. The van der Waals surface area contributed by atoms with Crippen molar-refractivity contribution >= 4 is 11.9 Å². The highest BCUT2D eigenvalue weighted by atomic mass is 16.5. The number of rotatable bonds is 4. The van der Waals surface area contributed by atoms with Crippen molar-refractivity contribution in [3.8, 4) is 6.01 Å². The lowest BCUT2D eigenvalue weighted by molar-refractivity contribution is 0.0740. The van der Waals surface area contributed by atoms with Crippen LogP contribution in [0.4, 0.5) is 10.6 Å². The molecular weight excluding hydrogens is 248 g/mol. The van der Waals surface area contributed by atoms with Crippen molar-refractivity contribution in [2.45, 2.75) is 25.9 Å². The van der Waals surface area contributed by atoms with Gasteiger partial charge in [-0.05, 0) is 25.8 Å². The molecule has 1 aliphatic heterocycles. The monoisotopic (exact) mass is 266 g/mol. The topological polar surface area (TPSA) is 87.6 Å². The van der Waals surface area contributed by atoms with Crippen LogP contribution >= 0.6 is 0 Å². The van der Waals surface area contributed by atoms with Crippen LogP contribution in [0.1, 0.15) is 19.8 Å². The lowest BCUT2D eigenvalue weighted by atomic mass is 10.1. The van der Waals surface area contributed by atoms with Gasteiger partial charge in [-0.2, -0.15) is 4.98 Å². The first-order valence-electron chi connectivity index (χ1n) is 6.40. The number of hydrogen-bond acceptors (Lipinski definition) is 5. The van der Waals surface area contributed by atoms with Gasteiger partial charge in [-0.25, -0.2) is 9.78 Å². The van der Waals surface area contributed by atoms with Crippen molar-refractivity contribution < 1.29 is 14.6 Å². The Morgan fingerprint density at radius 2 is 2.53 bits per heavy atom. The average molecular weight is 266 g/mol. The van der Waals surface area contributed by atoms with Gasteiger partial charge in [0.05, 0.1) is 6.54 Å². The van der Waals surface area contributed by atoms with E-state index in [0.29, 0.717) is 18.9 Å². The van der Waals surface area contributed by atoms with Crippen LogP contribution in [0.15, 0.2) is 12.3 Å². The molecule has 7 nitrogen and oxygen atoms in total. The Kier molecular flexibility index (Phi) is 4.38. The third-order valence-electron chi connectivity index (χ3n) is 2.91. The first-order valence-corrected chi connectivity index (χ1v) is 6.40. The van der Waals surface area contributed by atoms with Crippen molar-refractivity contribution in [3.63, 3.8) is 0 Å². The van der Waals surface area contributed by atoms with E-state index < -0.39 is 6.09 Å². The van der Waals surface area contributed by atoms with Crippen LogP contribution < -0.4 is 10.1 Å². The van der Waals surface area contributed by atoms with Gasteiger partial charge in [0, 0.05) is 19.3 Å². The molecule has 0 bridgehead atoms. The van der Waals surface area contributed by atoms with Crippen LogP contribution in [-0.4, -0.2) is 51.8 Å². The zero-order chi connectivity index (χ0) is 13.7. The SMILES string of the molecule is CCNc1ccnc(O[C@H]2CCCN(C(=O)O)C2)n1. The smallest absolute Gasteiger partial charge is 0.407 e. The largest absolute Gasteiger partial charge is 0.465 e. The molecule has 19 heavy (non-hydrogen) atoms. The molecule has 104 valence electrons. The van der Waals surface area contributed by atoms with E-state index in [4.69, 9.17) is 9.84 Å². The maximum absolute atomic E-state index is 10.9. The highest BCUT2D eigenvalue weighted by molar-refractivity contribution is 5.65. The first kappa shape index (κ1) is 13.4. The van der Waals surface area contributed by atoms with Crippen molar-refractivity contribution in [1.82, 2.24) is 14.9 Å². The summed E-state index contributed by atoms with van der Waals surface area (Å²) >= 11 is 0. The summed E-state index contributed by atoms with van der Waals surface area (Å²) in [6.45, 7) is 3.68. The summed E-state index contributed by atoms with van der Waals surface area (Å²) in [6, 6.07) is 2.05. The number of piperidine rings is 1. The molecule has 2 rings (SSSR count). The molecule has 1 aromatic rings. The number of anilines is 1. The number of aromatic nitrogens is 2. The predicted molar refractivity (Wildman–Crippen MR) is 69.4 cm³/mol. The number of nitrogens with one attached hydrogen (secondary N) is 1. The standard InChI is InChI=1S/C12H18N4O3/c1-2-13-10-5-6-14-11(15-10)19-9-4-3-7-16(8-9)12(17)18/h5-6,9H,2-4,7-8H2,1H3,(H,17,18)(H,13,14,15)/t9-/m0/s1. The minimum Gasteiger partial charge on any atom is -0.465 e. The second-order valence-corrected chi connectivity index (χ2v) is 4.37. The van der Waals surface area contributed by atoms with Gasteiger partial charge in [0.25, 0.3) is 0 Å². The fraction of sp³-hybridized carbons (Fsp3) is 0.583. The third kappa shape index (κ3) is 3.70. The fourth-order valence-corrected chi connectivity index (χ4v) is 2.03. The number of hydrogen-bond donors (Lipinski definition) is 2. The van der Waals surface area contributed by atoms with Crippen molar-refractivity contribution in [1.29, 1.82) is 0 Å². The summed E-state index contributed by atoms with van der Waals surface area (Å²) in [5, 5.41) is 12.0. The van der Waals surface area contributed by atoms with Gasteiger partial charge in [0.1, 0.15) is 11.9 Å². The van der Waals surface area contributed by atoms with Gasteiger partial charge < -0.3 is 20.1 Å². The molecule has 2 N–H and O–H groups in total. The number of nitrogens with zero attached hydrogens (tertiary/aromatic N) is 3. The molecule has 0 spiro atoms. The Morgan fingerprint density at radius 1 is 1.68 bits per heavy atom. The van der Waals surface area contributed by atoms with E-state index in [1.807, 2.05) is 6.92 Å². The lowest BCUT2D eigenvalue weighted by Gasteiger charge is -2.30. The molecule has 0 unspecified atom stereocenters. The van der Waals surface area contributed by atoms with E-state index in [-0.39, 0.29) is 12.1 Å². The molecule has 0 aromatic carbocycles. The third-order valence-corrected chi connectivity index (χ3v) is 2.91. The van der Waals surface area contributed by atoms with Gasteiger partial charge >= 0.3 is 12.1 Å². The lowest BCUT2D eigenvalue weighted by Crippen LogP contribution is -2.43. The van der Waals surface area contributed by atoms with Crippen molar-refractivity contribution in [3.05, 3.63) is 12.3 Å². The van der Waals surface area contributed by atoms with Crippen LogP contribution in [0.25, 0.3) is 0 Å². The summed E-state index contributed by atoms with van der Waals surface area (Å²) < 4.78 is 5.66. The zero-order valence-corrected chi connectivity index (χ0v) is 10.9. The Hall–Kier alpha value is -2.05. The summed E-state index contributed by atoms with van der Waals surface area (Å²) in [5.74, 6) is 0.707. The molecule has 0 aliphatic carbocycles. The number of amides is 1. The maximum atomic E-state index is 10.9. The second-order valence-electron chi connectivity index (χ2n) is 4.37. The Bertz CT molecular complexity index is 441. The van der Waals surface area contributed by atoms with E-state index in [0.717, 1.165) is 19.4 Å². The van der Waals surface area contributed by atoms with E-state index in [9.17, 15) is 4.79 Å². The molecule has 0 saturated carbocycles. The Balaban J connectivity index is 1.96. The van der Waals surface area contributed by atoms with Crippen molar-refractivity contribution in [2.24, 2.45) is 0 Å². The molecule has 7 heteroatoms. The normalized spacial score (nSPS) is 19.0. The quantitative estimate of drug-likeness (QED) is 0.857. The van der Waals surface area contributed by atoms with Gasteiger partial charge in [0.2, 0.25) is 0 Å². The van der Waals surface area contributed by atoms with Gasteiger partial charge in [0.15, 0.2) is 0 Å². The molecular formula is C12H18N4O3. The summed E-state index contributed by atoms with van der Waals surface area (Å²) in [7, 11) is 0. The van der Waals surface area contributed by atoms with Crippen LogP contribution in [0.3, 0.4) is 0 Å². The molecule has 1 aromatic heterocycles. The first-order chi connectivity index (χ1) is 9.19.